The lowest BCUT2D eigenvalue weighted by Crippen LogP contribution is -2.66. The first-order valence-corrected chi connectivity index (χ1v) is 17.1. The lowest BCUT2D eigenvalue weighted by atomic mass is 9.39. The molecule has 7 unspecified atom stereocenters. The van der Waals surface area contributed by atoms with Crippen molar-refractivity contribution in [3.8, 4) is 17.2 Å². The van der Waals surface area contributed by atoms with Gasteiger partial charge in [0.1, 0.15) is 28.4 Å². The molecule has 2 aromatic carbocycles. The molecule has 0 amide bonds. The molecule has 3 aromatic rings. The van der Waals surface area contributed by atoms with E-state index in [0.29, 0.717) is 16.9 Å². The summed E-state index contributed by atoms with van der Waals surface area (Å²) in [6.45, 7) is 10.0. The molecule has 1 aliphatic heterocycles. The molecule has 262 valence electrons. The minimum atomic E-state index is -0.901. The van der Waals surface area contributed by atoms with Gasteiger partial charge in [0.2, 0.25) is 11.6 Å². The number of fused-ring (bicyclic) bond motifs is 3. The Morgan fingerprint density at radius 2 is 1.68 bits per heavy atom. The van der Waals surface area contributed by atoms with Gasteiger partial charge in [0.05, 0.1) is 43.7 Å². The number of aliphatic hydroxyl groups is 1. The van der Waals surface area contributed by atoms with Gasteiger partial charge in [-0.2, -0.15) is 0 Å². The van der Waals surface area contributed by atoms with Crippen LogP contribution in [0, 0.1) is 27.6 Å². The van der Waals surface area contributed by atoms with Gasteiger partial charge < -0.3 is 28.8 Å². The average Bonchev–Trinajstić information content (AvgIpc) is 3.45. The smallest absolute Gasteiger partial charge is 0.206 e. The van der Waals surface area contributed by atoms with Crippen LogP contribution in [0.5, 0.6) is 17.2 Å². The highest BCUT2D eigenvalue weighted by molar-refractivity contribution is 6.12. The third kappa shape index (κ3) is 4.25. The van der Waals surface area contributed by atoms with E-state index in [4.69, 9.17) is 18.6 Å². The zero-order valence-electron chi connectivity index (χ0n) is 29.5. The molecule has 8 rings (SSSR count). The number of aromatic hydroxyl groups is 1. The Labute approximate surface area is 291 Å². The number of furan rings is 1. The molecule has 1 spiro atoms. The van der Waals surface area contributed by atoms with Crippen LogP contribution in [0.25, 0.3) is 0 Å². The monoisotopic (exact) mass is 680 g/mol. The Bertz CT molecular complexity index is 1960. The highest BCUT2D eigenvalue weighted by atomic mass is 16.6. The summed E-state index contributed by atoms with van der Waals surface area (Å²) in [5.41, 5.74) is -0.778. The van der Waals surface area contributed by atoms with Gasteiger partial charge in [-0.15, -0.1) is 0 Å². The molecule has 0 bridgehead atoms. The number of epoxide rings is 1. The minimum Gasteiger partial charge on any atom is -0.507 e. The maximum Gasteiger partial charge on any atom is 0.206 e. The van der Waals surface area contributed by atoms with Gasteiger partial charge in [-0.25, -0.2) is 0 Å². The number of allylic oxidation sites excluding steroid dienone is 4. The van der Waals surface area contributed by atoms with Gasteiger partial charge in [-0.3, -0.25) is 14.4 Å². The molecule has 7 atom stereocenters. The molecule has 9 nitrogen and oxygen atoms in total. The molecule has 0 radical (unpaired) electrons. The van der Waals surface area contributed by atoms with Crippen LogP contribution in [0.3, 0.4) is 0 Å². The number of carbonyl (C=O) groups excluding carboxylic acids is 3. The molecule has 2 heterocycles. The van der Waals surface area contributed by atoms with Gasteiger partial charge in [0, 0.05) is 28.5 Å². The predicted octanol–water partition coefficient (Wildman–Crippen LogP) is 7.53. The largest absolute Gasteiger partial charge is 0.507 e. The van der Waals surface area contributed by atoms with Crippen LogP contribution in [0.15, 0.2) is 89.0 Å². The molecular weight excluding hydrogens is 636 g/mol. The van der Waals surface area contributed by atoms with Crippen LogP contribution in [-0.4, -0.2) is 53.5 Å². The number of ether oxygens (including phenoxy) is 3. The zero-order valence-corrected chi connectivity index (χ0v) is 29.5. The summed E-state index contributed by atoms with van der Waals surface area (Å²) >= 11 is 0. The van der Waals surface area contributed by atoms with Gasteiger partial charge in [-0.1, -0.05) is 50.3 Å². The second kappa shape index (κ2) is 11.2. The second-order valence-corrected chi connectivity index (χ2v) is 15.5. The van der Waals surface area contributed by atoms with Crippen LogP contribution in [0.2, 0.25) is 0 Å². The molecule has 2 saturated carbocycles. The number of phenols is 1. The van der Waals surface area contributed by atoms with Crippen molar-refractivity contribution >= 4 is 17.3 Å². The molecular formula is C41H44O9. The molecule has 50 heavy (non-hydrogen) atoms. The minimum absolute atomic E-state index is 0.00527. The summed E-state index contributed by atoms with van der Waals surface area (Å²) in [5, 5.41) is 21.3. The Morgan fingerprint density at radius 3 is 2.32 bits per heavy atom. The molecule has 1 saturated heterocycles. The number of hydrogen-bond acceptors (Lipinski definition) is 9. The third-order valence-electron chi connectivity index (χ3n) is 12.9. The quantitative estimate of drug-likeness (QED) is 0.207. The van der Waals surface area contributed by atoms with Gasteiger partial charge in [0.25, 0.3) is 0 Å². The zero-order chi connectivity index (χ0) is 36.0. The van der Waals surface area contributed by atoms with Crippen molar-refractivity contribution in [2.75, 3.05) is 14.2 Å². The number of carbonyl (C=O) groups is 3. The van der Waals surface area contributed by atoms with E-state index in [-0.39, 0.29) is 63.5 Å². The summed E-state index contributed by atoms with van der Waals surface area (Å²) in [6, 6.07) is 13.7. The highest BCUT2D eigenvalue weighted by Crippen LogP contribution is 2.81. The van der Waals surface area contributed by atoms with Crippen molar-refractivity contribution in [2.45, 2.75) is 71.5 Å². The summed E-state index contributed by atoms with van der Waals surface area (Å²) < 4.78 is 22.1. The van der Waals surface area contributed by atoms with Gasteiger partial charge in [0.15, 0.2) is 11.5 Å². The van der Waals surface area contributed by atoms with Crippen LogP contribution in [0.4, 0.5) is 0 Å². The SMILES string of the molecule is CC1(C)C(=O)C=CC2(C)C1=C(O)C(=O)C1(C)C2CCC2(C)C(c3ccoc3)CC3OC321.COc1cc(O)c(C(=O)c2ccccc2)c(OC)c1. The summed E-state index contributed by atoms with van der Waals surface area (Å²) in [7, 11) is 2.92. The van der Waals surface area contributed by atoms with E-state index in [0.717, 1.165) is 19.3 Å². The fourth-order valence-electron chi connectivity index (χ4n) is 10.6. The lowest BCUT2D eigenvalue weighted by molar-refractivity contribution is -0.162. The Hall–Kier alpha value is -4.63. The van der Waals surface area contributed by atoms with Crippen molar-refractivity contribution in [1.29, 1.82) is 0 Å². The topological polar surface area (TPSA) is 136 Å². The van der Waals surface area contributed by atoms with Crippen molar-refractivity contribution in [3.63, 3.8) is 0 Å². The maximum absolute atomic E-state index is 14.0. The van der Waals surface area contributed by atoms with E-state index in [1.54, 1.807) is 42.7 Å². The van der Waals surface area contributed by atoms with Crippen LogP contribution in [0.1, 0.15) is 81.3 Å². The van der Waals surface area contributed by atoms with E-state index in [1.807, 2.05) is 45.2 Å². The first kappa shape index (κ1) is 33.8. The van der Waals surface area contributed by atoms with Crippen LogP contribution in [-0.2, 0) is 14.3 Å². The van der Waals surface area contributed by atoms with E-state index >= 15 is 0 Å². The van der Waals surface area contributed by atoms with E-state index in [1.165, 1.54) is 25.8 Å². The van der Waals surface area contributed by atoms with Gasteiger partial charge in [-0.05, 0) is 75.1 Å². The first-order chi connectivity index (χ1) is 23.6. The third-order valence-corrected chi connectivity index (χ3v) is 12.9. The standard InChI is InChI=1S/C26H30O5.C15H14O4/c1-22(2)17(27)7-9-23(3)16-6-10-24(4)15(14-8-11-30-13-14)12-18-26(24,31-18)25(16,5)21(29)19(28)20(22)23;1-18-11-8-12(16)14(13(9-11)19-2)15(17)10-6-4-3-5-7-10/h7-9,11,13,15-16,18,28H,6,10,12H2,1-5H3;3-9,16H,1-2H3. The first-order valence-electron chi connectivity index (χ1n) is 17.1. The number of benzene rings is 2. The second-order valence-electron chi connectivity index (χ2n) is 15.5. The Kier molecular flexibility index (Phi) is 7.57. The normalized spacial score (nSPS) is 34.4. The highest BCUT2D eigenvalue weighted by Gasteiger charge is 2.87. The fourth-order valence-corrected chi connectivity index (χ4v) is 10.6. The Morgan fingerprint density at radius 1 is 0.960 bits per heavy atom. The number of aliphatic hydroxyl groups excluding tert-OH is 1. The number of methoxy groups -OCH3 is 2. The summed E-state index contributed by atoms with van der Waals surface area (Å²) in [4.78, 5) is 39.1. The predicted molar refractivity (Wildman–Crippen MR) is 184 cm³/mol. The molecule has 2 N–H and O–H groups in total. The molecule has 4 aliphatic carbocycles. The maximum atomic E-state index is 14.0. The molecule has 5 aliphatic rings. The summed E-state index contributed by atoms with van der Waals surface area (Å²) in [5.74, 6) is -0.0551. The van der Waals surface area contributed by atoms with Crippen molar-refractivity contribution < 1.29 is 43.2 Å². The van der Waals surface area contributed by atoms with E-state index < -0.39 is 21.8 Å². The van der Waals surface area contributed by atoms with Gasteiger partial charge >= 0.3 is 0 Å². The molecule has 9 heteroatoms. The number of ketones is 3. The Balaban J connectivity index is 0.000000178. The number of Topliss-reactive ketones (excluding diaryl/α,β-unsaturated/α-hetero) is 1. The number of rotatable bonds is 5. The fraction of sp³-hybridized carbons (Fsp3) is 0.439. The molecule has 3 fully saturated rings. The number of phenolic OH excluding ortho intramolecular Hbond substituents is 1. The van der Waals surface area contributed by atoms with E-state index in [9.17, 15) is 24.6 Å². The summed E-state index contributed by atoms with van der Waals surface area (Å²) in [6.07, 6.45) is 9.76. The van der Waals surface area contributed by atoms with Crippen LogP contribution >= 0.6 is 0 Å². The number of hydrogen-bond donors (Lipinski definition) is 2. The molecule has 1 aromatic heterocycles. The van der Waals surface area contributed by atoms with Crippen LogP contribution < -0.4 is 9.47 Å². The van der Waals surface area contributed by atoms with E-state index in [2.05, 4.69) is 13.8 Å². The van der Waals surface area contributed by atoms with Crippen molar-refractivity contribution in [3.05, 3.63) is 101 Å². The lowest BCUT2D eigenvalue weighted by Gasteiger charge is -2.62. The van der Waals surface area contributed by atoms with Crippen molar-refractivity contribution in [2.24, 2.45) is 27.6 Å². The average molecular weight is 681 g/mol. The van der Waals surface area contributed by atoms with Crippen molar-refractivity contribution in [1.82, 2.24) is 0 Å².